The van der Waals surface area contributed by atoms with Gasteiger partial charge in [-0.3, -0.25) is 0 Å². The van der Waals surface area contributed by atoms with Crippen LogP contribution in [0.15, 0.2) is 12.1 Å². The van der Waals surface area contributed by atoms with Crippen molar-refractivity contribution in [2.75, 3.05) is 13.2 Å². The first-order chi connectivity index (χ1) is 7.66. The third kappa shape index (κ3) is 3.64. The zero-order valence-electron chi connectivity index (χ0n) is 10.6. The zero-order chi connectivity index (χ0) is 11.4. The van der Waals surface area contributed by atoms with Gasteiger partial charge in [-0.05, 0) is 18.8 Å². The molecule has 2 rings (SSSR count). The molecular formula is C13H23BO2. The van der Waals surface area contributed by atoms with Gasteiger partial charge in [-0.15, -0.1) is 0 Å². The lowest BCUT2D eigenvalue weighted by Gasteiger charge is -2.32. The highest BCUT2D eigenvalue weighted by Crippen LogP contribution is 2.26. The highest BCUT2D eigenvalue weighted by Gasteiger charge is 2.30. The fourth-order valence-corrected chi connectivity index (χ4v) is 2.39. The van der Waals surface area contributed by atoms with Crippen LogP contribution in [0.1, 0.15) is 46.0 Å². The minimum Gasteiger partial charge on any atom is -0.407 e. The summed E-state index contributed by atoms with van der Waals surface area (Å²) in [5.74, 6) is 2.88. The Morgan fingerprint density at radius 2 is 1.69 bits per heavy atom. The van der Waals surface area contributed by atoms with Crippen LogP contribution in [0.4, 0.5) is 0 Å². The van der Waals surface area contributed by atoms with E-state index in [1.165, 1.54) is 32.1 Å². The van der Waals surface area contributed by atoms with Gasteiger partial charge in [0, 0.05) is 18.6 Å². The van der Waals surface area contributed by atoms with E-state index >= 15 is 0 Å². The molecule has 1 saturated heterocycles. The van der Waals surface area contributed by atoms with Gasteiger partial charge < -0.3 is 9.31 Å². The average Bonchev–Trinajstić information content (AvgIpc) is 2.29. The van der Waals surface area contributed by atoms with Crippen LogP contribution in [0.3, 0.4) is 0 Å². The molecule has 0 radical (unpaired) electrons. The van der Waals surface area contributed by atoms with Crippen molar-refractivity contribution in [3.63, 3.8) is 0 Å². The molecule has 0 aromatic rings. The van der Waals surface area contributed by atoms with E-state index in [2.05, 4.69) is 25.9 Å². The van der Waals surface area contributed by atoms with Crippen LogP contribution >= 0.6 is 0 Å². The van der Waals surface area contributed by atoms with E-state index in [0.29, 0.717) is 0 Å². The van der Waals surface area contributed by atoms with Gasteiger partial charge >= 0.3 is 7.12 Å². The third-order valence-electron chi connectivity index (χ3n) is 3.47. The SMILES string of the molecule is CC1(C)COB(/C=C/C2CCCCC2)OC1. The van der Waals surface area contributed by atoms with E-state index in [4.69, 9.17) is 9.31 Å². The van der Waals surface area contributed by atoms with Crippen molar-refractivity contribution in [2.24, 2.45) is 11.3 Å². The van der Waals surface area contributed by atoms with Crippen molar-refractivity contribution in [1.82, 2.24) is 0 Å². The summed E-state index contributed by atoms with van der Waals surface area (Å²) in [6, 6.07) is 0. The Hall–Kier alpha value is -0.275. The molecule has 3 heteroatoms. The molecular weight excluding hydrogens is 199 g/mol. The molecule has 0 N–H and O–H groups in total. The van der Waals surface area contributed by atoms with Gasteiger partial charge in [0.25, 0.3) is 0 Å². The summed E-state index contributed by atoms with van der Waals surface area (Å²) in [5.41, 5.74) is 0.176. The quantitative estimate of drug-likeness (QED) is 0.668. The highest BCUT2D eigenvalue weighted by molar-refractivity contribution is 6.50. The van der Waals surface area contributed by atoms with Gasteiger partial charge in [-0.2, -0.15) is 0 Å². The Morgan fingerprint density at radius 1 is 1.06 bits per heavy atom. The maximum absolute atomic E-state index is 5.68. The Balaban J connectivity index is 1.75. The lowest BCUT2D eigenvalue weighted by atomic mass is 9.80. The van der Waals surface area contributed by atoms with Gasteiger partial charge in [-0.1, -0.05) is 45.2 Å². The van der Waals surface area contributed by atoms with Gasteiger partial charge in [0.05, 0.1) is 0 Å². The molecule has 0 amide bonds. The molecule has 0 atom stereocenters. The number of hydrogen-bond donors (Lipinski definition) is 0. The molecule has 2 aliphatic rings. The largest absolute Gasteiger partial charge is 0.485 e. The summed E-state index contributed by atoms with van der Waals surface area (Å²) >= 11 is 0. The lowest BCUT2D eigenvalue weighted by Crippen LogP contribution is -2.39. The molecule has 2 nitrogen and oxygen atoms in total. The second-order valence-corrected chi connectivity index (χ2v) is 5.94. The van der Waals surface area contributed by atoms with Crippen molar-refractivity contribution >= 4 is 7.12 Å². The summed E-state index contributed by atoms with van der Waals surface area (Å²) in [5, 5.41) is 0. The van der Waals surface area contributed by atoms with E-state index < -0.39 is 0 Å². The van der Waals surface area contributed by atoms with E-state index in [-0.39, 0.29) is 12.5 Å². The molecule has 1 heterocycles. The van der Waals surface area contributed by atoms with Gasteiger partial charge in [-0.25, -0.2) is 0 Å². The molecule has 1 aliphatic carbocycles. The summed E-state index contributed by atoms with van der Waals surface area (Å²) in [4.78, 5) is 0. The van der Waals surface area contributed by atoms with E-state index in [1.807, 2.05) is 0 Å². The fraction of sp³-hybridized carbons (Fsp3) is 0.846. The molecule has 1 saturated carbocycles. The topological polar surface area (TPSA) is 18.5 Å². The van der Waals surface area contributed by atoms with Gasteiger partial charge in [0.2, 0.25) is 0 Å². The monoisotopic (exact) mass is 222 g/mol. The summed E-state index contributed by atoms with van der Waals surface area (Å²) in [6.45, 7) is 5.95. The van der Waals surface area contributed by atoms with Gasteiger partial charge in [0.1, 0.15) is 0 Å². The standard InChI is InChI=1S/C13H23BO2/c1-13(2)10-15-14(16-11-13)9-8-12-6-4-3-5-7-12/h8-9,12H,3-7,10-11H2,1-2H3/b9-8+. The summed E-state index contributed by atoms with van der Waals surface area (Å²) in [6.07, 6.45) is 9.17. The minimum atomic E-state index is -0.102. The predicted molar refractivity (Wildman–Crippen MR) is 67.2 cm³/mol. The normalized spacial score (nSPS) is 27.5. The van der Waals surface area contributed by atoms with E-state index in [0.717, 1.165) is 19.1 Å². The maximum Gasteiger partial charge on any atom is 0.485 e. The molecule has 0 aromatic heterocycles. The first kappa shape index (κ1) is 12.2. The van der Waals surface area contributed by atoms with Crippen LogP contribution in [0.25, 0.3) is 0 Å². The molecule has 2 fully saturated rings. The predicted octanol–water partition coefficient (Wildman–Crippen LogP) is 3.22. The van der Waals surface area contributed by atoms with Crippen molar-refractivity contribution in [3.05, 3.63) is 12.1 Å². The molecule has 16 heavy (non-hydrogen) atoms. The van der Waals surface area contributed by atoms with Crippen LogP contribution in [-0.4, -0.2) is 20.3 Å². The average molecular weight is 222 g/mol. The minimum absolute atomic E-state index is 0.102. The Labute approximate surface area is 99.5 Å². The molecule has 90 valence electrons. The van der Waals surface area contributed by atoms with E-state index in [1.54, 1.807) is 0 Å². The fourth-order valence-electron chi connectivity index (χ4n) is 2.39. The molecule has 1 aliphatic heterocycles. The smallest absolute Gasteiger partial charge is 0.407 e. The van der Waals surface area contributed by atoms with E-state index in [9.17, 15) is 0 Å². The van der Waals surface area contributed by atoms with Crippen LogP contribution in [0.5, 0.6) is 0 Å². The number of hydrogen-bond acceptors (Lipinski definition) is 2. The lowest BCUT2D eigenvalue weighted by molar-refractivity contribution is 0.0335. The molecule has 0 bridgehead atoms. The molecule has 0 unspecified atom stereocenters. The van der Waals surface area contributed by atoms with Crippen molar-refractivity contribution in [3.8, 4) is 0 Å². The Kier molecular flexibility index (Phi) is 4.09. The van der Waals surface area contributed by atoms with Crippen molar-refractivity contribution < 1.29 is 9.31 Å². The summed E-state index contributed by atoms with van der Waals surface area (Å²) < 4.78 is 11.4. The van der Waals surface area contributed by atoms with Crippen LogP contribution in [-0.2, 0) is 9.31 Å². The second kappa shape index (κ2) is 5.37. The first-order valence-electron chi connectivity index (χ1n) is 6.57. The summed E-state index contributed by atoms with van der Waals surface area (Å²) in [7, 11) is -0.102. The maximum atomic E-state index is 5.68. The van der Waals surface area contributed by atoms with Crippen LogP contribution in [0.2, 0.25) is 0 Å². The number of rotatable bonds is 2. The van der Waals surface area contributed by atoms with Crippen LogP contribution in [0, 0.1) is 11.3 Å². The Morgan fingerprint density at radius 3 is 2.31 bits per heavy atom. The molecule has 0 aromatic carbocycles. The number of allylic oxidation sites excluding steroid dienone is 1. The highest BCUT2D eigenvalue weighted by atomic mass is 16.6. The van der Waals surface area contributed by atoms with Crippen LogP contribution < -0.4 is 0 Å². The second-order valence-electron chi connectivity index (χ2n) is 5.94. The van der Waals surface area contributed by atoms with Crippen molar-refractivity contribution in [2.45, 2.75) is 46.0 Å². The Bertz CT molecular complexity index is 234. The zero-order valence-corrected chi connectivity index (χ0v) is 10.6. The van der Waals surface area contributed by atoms with Gasteiger partial charge in [0.15, 0.2) is 0 Å². The first-order valence-corrected chi connectivity index (χ1v) is 6.57. The third-order valence-corrected chi connectivity index (χ3v) is 3.47. The molecule has 0 spiro atoms. The van der Waals surface area contributed by atoms with Crippen molar-refractivity contribution in [1.29, 1.82) is 0 Å².